The van der Waals surface area contributed by atoms with Gasteiger partial charge in [-0.05, 0) is 44.0 Å². The van der Waals surface area contributed by atoms with E-state index in [4.69, 9.17) is 0 Å². The quantitative estimate of drug-likeness (QED) is 0.511. The Kier molecular flexibility index (Phi) is 9.50. The molecular weight excluding hydrogens is 414 g/mol. The van der Waals surface area contributed by atoms with Crippen molar-refractivity contribution in [2.45, 2.75) is 70.7 Å². The highest BCUT2D eigenvalue weighted by atomic mass is 32.2. The van der Waals surface area contributed by atoms with E-state index < -0.39 is 10.0 Å². The maximum Gasteiger partial charge on any atom is 0.254 e. The third kappa shape index (κ3) is 6.53. The Balaban J connectivity index is 2.13. The van der Waals surface area contributed by atoms with Crippen LogP contribution in [-0.4, -0.2) is 73.1 Å². The molecule has 8 heteroatoms. The van der Waals surface area contributed by atoms with Gasteiger partial charge in [-0.3, -0.25) is 9.59 Å². The summed E-state index contributed by atoms with van der Waals surface area (Å²) in [5.41, 5.74) is 0.514. The highest BCUT2D eigenvalue weighted by Crippen LogP contribution is 2.20. The molecule has 0 aromatic heterocycles. The van der Waals surface area contributed by atoms with Crippen LogP contribution in [0.5, 0.6) is 0 Å². The van der Waals surface area contributed by atoms with E-state index >= 15 is 0 Å². The summed E-state index contributed by atoms with van der Waals surface area (Å²) in [6.45, 7) is 9.89. The van der Waals surface area contributed by atoms with E-state index in [1.54, 1.807) is 17.0 Å². The normalized spacial score (nSPS) is 16.2. The molecular formula is C23H37N3O4S. The van der Waals surface area contributed by atoms with E-state index in [9.17, 15) is 18.0 Å². The number of rotatable bonds is 10. The molecule has 0 saturated carbocycles. The number of nitrogens with zero attached hydrogens (tertiary/aromatic N) is 3. The molecule has 0 spiro atoms. The molecule has 2 amide bonds. The van der Waals surface area contributed by atoms with Crippen molar-refractivity contribution >= 4 is 21.8 Å². The number of hydrogen-bond acceptors (Lipinski definition) is 4. The second kappa shape index (κ2) is 11.6. The van der Waals surface area contributed by atoms with Gasteiger partial charge in [0.25, 0.3) is 5.91 Å². The van der Waals surface area contributed by atoms with Crippen LogP contribution in [0.1, 0.15) is 70.2 Å². The molecule has 1 atom stereocenters. The second-order valence-electron chi connectivity index (χ2n) is 8.28. The summed E-state index contributed by atoms with van der Waals surface area (Å²) in [5, 5.41) is 0. The number of amides is 2. The lowest BCUT2D eigenvalue weighted by atomic mass is 10.1. The van der Waals surface area contributed by atoms with Crippen molar-refractivity contribution in [3.8, 4) is 0 Å². The first-order chi connectivity index (χ1) is 14.7. The number of benzene rings is 1. The van der Waals surface area contributed by atoms with Crippen LogP contribution in [0.4, 0.5) is 0 Å². The number of carbonyl (C=O) groups is 2. The minimum Gasteiger partial charge on any atom is -0.340 e. The van der Waals surface area contributed by atoms with E-state index in [-0.39, 0.29) is 35.8 Å². The molecule has 0 N–H and O–H groups in total. The lowest BCUT2D eigenvalue weighted by Gasteiger charge is -2.33. The van der Waals surface area contributed by atoms with Crippen LogP contribution in [0.2, 0.25) is 0 Å². The average Bonchev–Trinajstić information content (AvgIpc) is 2.76. The summed E-state index contributed by atoms with van der Waals surface area (Å²) in [7, 11) is -3.65. The second-order valence-corrected chi connectivity index (χ2v) is 10.2. The molecule has 1 heterocycles. The Labute approximate surface area is 187 Å². The fraction of sp³-hybridized carbons (Fsp3) is 0.652. The van der Waals surface area contributed by atoms with Gasteiger partial charge in [0.1, 0.15) is 0 Å². The molecule has 0 aliphatic carbocycles. The number of carbonyl (C=O) groups excluding carboxylic acids is 2. The Morgan fingerprint density at radius 1 is 1.00 bits per heavy atom. The van der Waals surface area contributed by atoms with Gasteiger partial charge in [0.05, 0.1) is 4.90 Å². The maximum absolute atomic E-state index is 13.1. The van der Waals surface area contributed by atoms with Crippen LogP contribution >= 0.6 is 0 Å². The predicted molar refractivity (Wildman–Crippen MR) is 122 cm³/mol. The minimum atomic E-state index is -3.65. The minimum absolute atomic E-state index is 0.0410. The fourth-order valence-corrected chi connectivity index (χ4v) is 5.38. The lowest BCUT2D eigenvalue weighted by Crippen LogP contribution is -2.49. The van der Waals surface area contributed by atoms with Gasteiger partial charge in [0.15, 0.2) is 0 Å². The van der Waals surface area contributed by atoms with E-state index in [1.807, 2.05) is 4.90 Å². The highest BCUT2D eigenvalue weighted by Gasteiger charge is 2.29. The summed E-state index contributed by atoms with van der Waals surface area (Å²) >= 11 is 0. The van der Waals surface area contributed by atoms with Gasteiger partial charge in [0, 0.05) is 51.3 Å². The molecule has 1 aromatic carbocycles. The van der Waals surface area contributed by atoms with Crippen LogP contribution in [0, 0.1) is 0 Å². The van der Waals surface area contributed by atoms with Crippen molar-refractivity contribution < 1.29 is 18.0 Å². The third-order valence-electron chi connectivity index (χ3n) is 5.92. The smallest absolute Gasteiger partial charge is 0.254 e. The Hall–Kier alpha value is -1.93. The summed E-state index contributed by atoms with van der Waals surface area (Å²) in [6.07, 6.45) is 5.09. The zero-order valence-corrected chi connectivity index (χ0v) is 20.2. The highest BCUT2D eigenvalue weighted by molar-refractivity contribution is 7.89. The van der Waals surface area contributed by atoms with Crippen LogP contribution in [0.15, 0.2) is 29.2 Å². The molecule has 174 valence electrons. The topological polar surface area (TPSA) is 78.0 Å². The lowest BCUT2D eigenvalue weighted by molar-refractivity contribution is -0.129. The van der Waals surface area contributed by atoms with E-state index in [0.717, 1.165) is 32.1 Å². The van der Waals surface area contributed by atoms with Crippen molar-refractivity contribution in [2.24, 2.45) is 0 Å². The standard InChI is InChI=1S/C23H37N3O4S/c1-5-7-8-14-26(19(3)9-6-2)23(28)21-10-12-22(13-11-21)31(29,30)25-17-15-24(16-18-25)20(4)27/h10-13,19H,5-9,14-18H2,1-4H3. The van der Waals surface area contributed by atoms with E-state index in [0.29, 0.717) is 25.2 Å². The largest absolute Gasteiger partial charge is 0.340 e. The molecule has 31 heavy (non-hydrogen) atoms. The SMILES string of the molecule is CCCCCN(C(=O)c1ccc(S(=O)(=O)N2CCN(C(C)=O)CC2)cc1)C(C)CCC. The molecule has 0 radical (unpaired) electrons. The summed E-state index contributed by atoms with van der Waals surface area (Å²) in [4.78, 5) is 28.4. The number of piperazine rings is 1. The van der Waals surface area contributed by atoms with E-state index in [2.05, 4.69) is 20.8 Å². The third-order valence-corrected chi connectivity index (χ3v) is 7.84. The average molecular weight is 452 g/mol. The van der Waals surface area contributed by atoms with Crippen LogP contribution in [0.3, 0.4) is 0 Å². The molecule has 1 fully saturated rings. The van der Waals surface area contributed by atoms with Gasteiger partial charge >= 0.3 is 0 Å². The molecule has 1 aliphatic rings. The molecule has 1 aliphatic heterocycles. The van der Waals surface area contributed by atoms with Crippen molar-refractivity contribution in [3.05, 3.63) is 29.8 Å². The monoisotopic (exact) mass is 451 g/mol. The molecule has 1 saturated heterocycles. The van der Waals surface area contributed by atoms with Gasteiger partial charge in [-0.2, -0.15) is 4.31 Å². The van der Waals surface area contributed by atoms with Crippen LogP contribution < -0.4 is 0 Å². The van der Waals surface area contributed by atoms with Crippen molar-refractivity contribution in [1.29, 1.82) is 0 Å². The van der Waals surface area contributed by atoms with Gasteiger partial charge in [0.2, 0.25) is 15.9 Å². The fourth-order valence-electron chi connectivity index (χ4n) is 3.96. The van der Waals surface area contributed by atoms with Gasteiger partial charge < -0.3 is 9.80 Å². The summed E-state index contributed by atoms with van der Waals surface area (Å²) in [5.74, 6) is -0.0863. The first kappa shape index (κ1) is 25.3. The van der Waals surface area contributed by atoms with Crippen molar-refractivity contribution in [1.82, 2.24) is 14.1 Å². The molecule has 1 aromatic rings. The molecule has 2 rings (SSSR count). The Morgan fingerprint density at radius 3 is 2.13 bits per heavy atom. The van der Waals surface area contributed by atoms with E-state index in [1.165, 1.54) is 23.4 Å². The molecule has 1 unspecified atom stereocenters. The van der Waals surface area contributed by atoms with Crippen molar-refractivity contribution in [2.75, 3.05) is 32.7 Å². The first-order valence-corrected chi connectivity index (χ1v) is 12.8. The van der Waals surface area contributed by atoms with Crippen LogP contribution in [0.25, 0.3) is 0 Å². The molecule has 7 nitrogen and oxygen atoms in total. The summed E-state index contributed by atoms with van der Waals surface area (Å²) < 4.78 is 27.4. The zero-order chi connectivity index (χ0) is 23.0. The number of hydrogen-bond donors (Lipinski definition) is 0. The summed E-state index contributed by atoms with van der Waals surface area (Å²) in [6, 6.07) is 6.43. The Morgan fingerprint density at radius 2 is 1.61 bits per heavy atom. The van der Waals surface area contributed by atoms with Crippen molar-refractivity contribution in [3.63, 3.8) is 0 Å². The van der Waals surface area contributed by atoms with Crippen LogP contribution in [-0.2, 0) is 14.8 Å². The predicted octanol–water partition coefficient (Wildman–Crippen LogP) is 3.36. The zero-order valence-electron chi connectivity index (χ0n) is 19.3. The number of unbranched alkanes of at least 4 members (excludes halogenated alkanes) is 2. The van der Waals surface area contributed by atoms with Gasteiger partial charge in [-0.25, -0.2) is 8.42 Å². The maximum atomic E-state index is 13.1. The first-order valence-electron chi connectivity index (χ1n) is 11.4. The number of sulfonamides is 1. The van der Waals surface area contributed by atoms with Gasteiger partial charge in [-0.15, -0.1) is 0 Å². The molecule has 0 bridgehead atoms. The Bertz CT molecular complexity index is 831. The van der Waals surface area contributed by atoms with Gasteiger partial charge in [-0.1, -0.05) is 33.1 Å².